The van der Waals surface area contributed by atoms with Crippen molar-refractivity contribution in [3.05, 3.63) is 53.3 Å². The lowest BCUT2D eigenvalue weighted by molar-refractivity contribution is 0.206. The highest BCUT2D eigenvalue weighted by molar-refractivity contribution is 5.73. The van der Waals surface area contributed by atoms with E-state index in [0.717, 1.165) is 29.1 Å². The maximum atomic E-state index is 6.03. The molecule has 2 heterocycles. The van der Waals surface area contributed by atoms with Gasteiger partial charge < -0.3 is 15.4 Å². The second kappa shape index (κ2) is 7.25. The van der Waals surface area contributed by atoms with E-state index in [9.17, 15) is 0 Å². The molecule has 0 atom stereocenters. The van der Waals surface area contributed by atoms with Crippen LogP contribution in [0.3, 0.4) is 0 Å². The molecule has 3 rings (SSSR count). The van der Waals surface area contributed by atoms with E-state index in [4.69, 9.17) is 10.5 Å². The average Bonchev–Trinajstić information content (AvgIpc) is 3.01. The lowest BCUT2D eigenvalue weighted by Gasteiger charge is -2.19. The van der Waals surface area contributed by atoms with Gasteiger partial charge in [-0.2, -0.15) is 0 Å². The quantitative estimate of drug-likeness (QED) is 0.750. The van der Waals surface area contributed by atoms with Crippen molar-refractivity contribution >= 4 is 11.5 Å². The van der Waals surface area contributed by atoms with Crippen molar-refractivity contribution in [1.82, 2.24) is 9.38 Å². The summed E-state index contributed by atoms with van der Waals surface area (Å²) in [6, 6.07) is 8.62. The third-order valence-electron chi connectivity index (χ3n) is 4.63. The fourth-order valence-electron chi connectivity index (χ4n) is 3.20. The van der Waals surface area contributed by atoms with Crippen LogP contribution >= 0.6 is 0 Å². The highest BCUT2D eigenvalue weighted by Gasteiger charge is 2.14. The fraction of sp³-hybridized carbons (Fsp3) is 0.350. The molecule has 0 radical (unpaired) electrons. The molecule has 0 aliphatic rings. The summed E-state index contributed by atoms with van der Waals surface area (Å²) in [7, 11) is 3.77. The maximum Gasteiger partial charge on any atom is 0.138 e. The summed E-state index contributed by atoms with van der Waals surface area (Å²) in [5, 5.41) is 0. The standard InChI is InChI=1S/C20H26N4O/c1-14-5-6-17(15(2)9-14)18-13-24-19(10-16(18)11-21)22-12-20(24)23(3)7-8-25-4/h5-6,9-10,12-13H,7-8,11,21H2,1-4H3. The normalized spacial score (nSPS) is 11.2. The van der Waals surface area contributed by atoms with E-state index in [0.29, 0.717) is 13.2 Å². The van der Waals surface area contributed by atoms with Gasteiger partial charge in [0.1, 0.15) is 11.5 Å². The Labute approximate surface area is 149 Å². The summed E-state index contributed by atoms with van der Waals surface area (Å²) in [5.41, 5.74) is 12.9. The first-order chi connectivity index (χ1) is 12.0. The Morgan fingerprint density at radius 2 is 2.00 bits per heavy atom. The number of imidazole rings is 1. The number of hydrogen-bond donors (Lipinski definition) is 1. The predicted molar refractivity (Wildman–Crippen MR) is 103 cm³/mol. The van der Waals surface area contributed by atoms with Crippen LogP contribution in [-0.4, -0.2) is 36.7 Å². The molecule has 2 aromatic heterocycles. The number of aryl methyl sites for hydroxylation is 2. The molecule has 0 fully saturated rings. The Morgan fingerprint density at radius 1 is 1.20 bits per heavy atom. The Morgan fingerprint density at radius 3 is 2.68 bits per heavy atom. The van der Waals surface area contributed by atoms with Gasteiger partial charge in [-0.3, -0.25) is 4.40 Å². The summed E-state index contributed by atoms with van der Waals surface area (Å²) in [5.74, 6) is 1.04. The molecule has 2 N–H and O–H groups in total. The monoisotopic (exact) mass is 338 g/mol. The van der Waals surface area contributed by atoms with Crippen molar-refractivity contribution in [3.63, 3.8) is 0 Å². The van der Waals surface area contributed by atoms with Gasteiger partial charge in [0, 0.05) is 39.0 Å². The van der Waals surface area contributed by atoms with E-state index >= 15 is 0 Å². The molecule has 25 heavy (non-hydrogen) atoms. The number of fused-ring (bicyclic) bond motifs is 1. The number of ether oxygens (including phenoxy) is 1. The summed E-state index contributed by atoms with van der Waals surface area (Å²) < 4.78 is 7.32. The van der Waals surface area contributed by atoms with Crippen LogP contribution in [0.5, 0.6) is 0 Å². The van der Waals surface area contributed by atoms with Crippen LogP contribution in [0, 0.1) is 13.8 Å². The minimum absolute atomic E-state index is 0.487. The van der Waals surface area contributed by atoms with Crippen LogP contribution in [0.2, 0.25) is 0 Å². The maximum absolute atomic E-state index is 6.03. The van der Waals surface area contributed by atoms with Gasteiger partial charge >= 0.3 is 0 Å². The Kier molecular flexibility index (Phi) is 5.06. The van der Waals surface area contributed by atoms with Gasteiger partial charge in [0.15, 0.2) is 0 Å². The lowest BCUT2D eigenvalue weighted by atomic mass is 9.96. The lowest BCUT2D eigenvalue weighted by Crippen LogP contribution is -2.23. The van der Waals surface area contributed by atoms with Gasteiger partial charge in [0.2, 0.25) is 0 Å². The largest absolute Gasteiger partial charge is 0.383 e. The summed E-state index contributed by atoms with van der Waals surface area (Å²) in [6.45, 7) is 6.23. The van der Waals surface area contributed by atoms with Gasteiger partial charge in [-0.25, -0.2) is 4.98 Å². The number of rotatable bonds is 6. The van der Waals surface area contributed by atoms with E-state index in [1.807, 2.05) is 6.20 Å². The number of anilines is 1. The van der Waals surface area contributed by atoms with E-state index in [-0.39, 0.29) is 0 Å². The molecule has 0 spiro atoms. The van der Waals surface area contributed by atoms with Gasteiger partial charge in [-0.1, -0.05) is 23.8 Å². The highest BCUT2D eigenvalue weighted by Crippen LogP contribution is 2.30. The topological polar surface area (TPSA) is 55.8 Å². The Hall–Kier alpha value is -2.37. The summed E-state index contributed by atoms with van der Waals surface area (Å²) in [6.07, 6.45) is 4.05. The number of likely N-dealkylation sites (N-methyl/N-ethyl adjacent to an activating group) is 1. The van der Waals surface area contributed by atoms with Crippen molar-refractivity contribution in [2.45, 2.75) is 20.4 Å². The molecule has 5 heteroatoms. The smallest absolute Gasteiger partial charge is 0.138 e. The van der Waals surface area contributed by atoms with Crippen LogP contribution in [0.25, 0.3) is 16.8 Å². The minimum atomic E-state index is 0.487. The number of aromatic nitrogens is 2. The second-order valence-electron chi connectivity index (χ2n) is 6.49. The van der Waals surface area contributed by atoms with Crippen molar-refractivity contribution < 1.29 is 4.74 Å². The van der Waals surface area contributed by atoms with Crippen LogP contribution in [-0.2, 0) is 11.3 Å². The molecule has 5 nitrogen and oxygen atoms in total. The number of nitrogens with two attached hydrogens (primary N) is 1. The van der Waals surface area contributed by atoms with E-state index in [1.54, 1.807) is 7.11 Å². The zero-order valence-electron chi connectivity index (χ0n) is 15.4. The fourth-order valence-corrected chi connectivity index (χ4v) is 3.20. The third-order valence-corrected chi connectivity index (χ3v) is 4.63. The average molecular weight is 338 g/mol. The highest BCUT2D eigenvalue weighted by atomic mass is 16.5. The SMILES string of the molecule is COCCN(C)c1cnc2cc(CN)c(-c3ccc(C)cc3C)cn12. The van der Waals surface area contributed by atoms with Crippen LogP contribution < -0.4 is 10.6 Å². The number of pyridine rings is 1. The zero-order valence-corrected chi connectivity index (χ0v) is 15.4. The summed E-state index contributed by atoms with van der Waals surface area (Å²) in [4.78, 5) is 6.70. The third kappa shape index (κ3) is 3.38. The first-order valence-electron chi connectivity index (χ1n) is 8.53. The minimum Gasteiger partial charge on any atom is -0.383 e. The number of benzene rings is 1. The molecular weight excluding hydrogens is 312 g/mol. The van der Waals surface area contributed by atoms with Crippen LogP contribution in [0.4, 0.5) is 5.82 Å². The molecule has 0 aliphatic heterocycles. The van der Waals surface area contributed by atoms with Crippen LogP contribution in [0.15, 0.2) is 36.7 Å². The Balaban J connectivity index is 2.14. The second-order valence-corrected chi connectivity index (χ2v) is 6.49. The summed E-state index contributed by atoms with van der Waals surface area (Å²) >= 11 is 0. The molecule has 3 aromatic rings. The number of methoxy groups -OCH3 is 1. The molecule has 0 amide bonds. The van der Waals surface area contributed by atoms with E-state index < -0.39 is 0 Å². The Bertz CT molecular complexity index is 885. The van der Waals surface area contributed by atoms with E-state index in [1.165, 1.54) is 16.7 Å². The molecule has 0 saturated carbocycles. The van der Waals surface area contributed by atoms with Gasteiger partial charge in [0.05, 0.1) is 12.8 Å². The van der Waals surface area contributed by atoms with Gasteiger partial charge in [-0.15, -0.1) is 0 Å². The zero-order chi connectivity index (χ0) is 18.0. The van der Waals surface area contributed by atoms with Crippen molar-refractivity contribution in [1.29, 1.82) is 0 Å². The number of nitrogens with zero attached hydrogens (tertiary/aromatic N) is 3. The molecule has 1 aromatic carbocycles. The predicted octanol–water partition coefficient (Wildman–Crippen LogP) is 3.16. The molecule has 132 valence electrons. The van der Waals surface area contributed by atoms with Crippen molar-refractivity contribution in [2.75, 3.05) is 32.2 Å². The van der Waals surface area contributed by atoms with Gasteiger partial charge in [0.25, 0.3) is 0 Å². The van der Waals surface area contributed by atoms with Crippen LogP contribution in [0.1, 0.15) is 16.7 Å². The molecule has 0 bridgehead atoms. The molecule has 0 aliphatic carbocycles. The molecular formula is C20H26N4O. The molecule has 0 saturated heterocycles. The van der Waals surface area contributed by atoms with E-state index in [2.05, 4.69) is 65.6 Å². The number of hydrogen-bond acceptors (Lipinski definition) is 4. The first kappa shape index (κ1) is 17.5. The van der Waals surface area contributed by atoms with Gasteiger partial charge in [-0.05, 0) is 36.6 Å². The van der Waals surface area contributed by atoms with Crippen molar-refractivity contribution in [2.24, 2.45) is 5.73 Å². The van der Waals surface area contributed by atoms with Crippen molar-refractivity contribution in [3.8, 4) is 11.1 Å². The molecule has 0 unspecified atom stereocenters. The first-order valence-corrected chi connectivity index (χ1v) is 8.53.